The highest BCUT2D eigenvalue weighted by Gasteiger charge is 1.88. The fourth-order valence-electron chi connectivity index (χ4n) is 1.76. The van der Waals surface area contributed by atoms with Gasteiger partial charge in [0.2, 0.25) is 0 Å². The molecule has 0 saturated carbocycles. The lowest BCUT2D eigenvalue weighted by Crippen LogP contribution is -2.24. The zero-order valence-corrected chi connectivity index (χ0v) is 14.5. The molecular weight excluding hydrogens is 282 g/mol. The standard InChI is InChI=1S/C12H12O.C7H9N.C2H6/c1-3-5-12-7-6-10(9-13)8-11(12)4-2;1-6-2-4-7(8)5-3-6;1-2/h3-9H,1H2,2H3;2-5H,8H2,1H3;1-2H3/b11-4-,12-5-;;. The molecule has 0 aliphatic heterocycles. The lowest BCUT2D eigenvalue weighted by Gasteiger charge is -1.91. The zero-order valence-electron chi connectivity index (χ0n) is 14.5. The Labute approximate surface area is 139 Å². The van der Waals surface area contributed by atoms with Crippen molar-refractivity contribution in [2.75, 3.05) is 5.73 Å². The number of nitrogens with two attached hydrogens (primary N) is 1. The molecule has 0 aliphatic carbocycles. The SMILES string of the molecule is C=C/C=c1/ccc(C=O)c/c1=C/C.CC.Cc1ccc(N)cc1. The van der Waals surface area contributed by atoms with Gasteiger partial charge in [-0.1, -0.05) is 68.5 Å². The zero-order chi connectivity index (χ0) is 17.7. The second-order valence-electron chi connectivity index (χ2n) is 4.61. The van der Waals surface area contributed by atoms with Crippen LogP contribution in [-0.4, -0.2) is 6.29 Å². The molecule has 0 spiro atoms. The van der Waals surface area contributed by atoms with E-state index in [1.54, 1.807) is 12.1 Å². The number of allylic oxidation sites excluding steroid dienone is 1. The topological polar surface area (TPSA) is 43.1 Å². The molecule has 2 heteroatoms. The second-order valence-corrected chi connectivity index (χ2v) is 4.61. The molecule has 23 heavy (non-hydrogen) atoms. The van der Waals surface area contributed by atoms with E-state index < -0.39 is 0 Å². The van der Waals surface area contributed by atoms with Crippen LogP contribution in [0.3, 0.4) is 0 Å². The van der Waals surface area contributed by atoms with Crippen LogP contribution >= 0.6 is 0 Å². The Bertz CT molecular complexity index is 691. The third kappa shape index (κ3) is 7.82. The van der Waals surface area contributed by atoms with Crippen LogP contribution in [0.25, 0.3) is 12.2 Å². The molecule has 0 atom stereocenters. The first-order valence-electron chi connectivity index (χ1n) is 7.77. The normalized spacial score (nSPS) is 10.8. The van der Waals surface area contributed by atoms with Crippen molar-refractivity contribution in [1.82, 2.24) is 0 Å². The van der Waals surface area contributed by atoms with Gasteiger partial charge in [0.05, 0.1) is 0 Å². The van der Waals surface area contributed by atoms with E-state index in [1.165, 1.54) is 5.56 Å². The van der Waals surface area contributed by atoms with E-state index in [-0.39, 0.29) is 0 Å². The van der Waals surface area contributed by atoms with Crippen molar-refractivity contribution in [3.63, 3.8) is 0 Å². The second kappa shape index (κ2) is 12.0. The number of rotatable bonds is 2. The molecular formula is C21H27NO. The number of aryl methyl sites for hydroxylation is 1. The molecule has 0 heterocycles. The molecule has 0 amide bonds. The molecule has 0 saturated heterocycles. The van der Waals surface area contributed by atoms with Crippen molar-refractivity contribution < 1.29 is 4.79 Å². The Balaban J connectivity index is 0.000000414. The third-order valence-corrected chi connectivity index (χ3v) is 2.93. The van der Waals surface area contributed by atoms with Crippen LogP contribution < -0.4 is 16.2 Å². The van der Waals surface area contributed by atoms with Crippen molar-refractivity contribution in [2.24, 2.45) is 0 Å². The molecule has 2 aromatic rings. The van der Waals surface area contributed by atoms with E-state index >= 15 is 0 Å². The van der Waals surface area contributed by atoms with Crippen LogP contribution in [0.5, 0.6) is 0 Å². The van der Waals surface area contributed by atoms with Gasteiger partial charge in [-0.15, -0.1) is 0 Å². The molecule has 0 bridgehead atoms. The highest BCUT2D eigenvalue weighted by atomic mass is 16.1. The predicted octanol–water partition coefficient (Wildman–Crippen LogP) is 3.87. The fourth-order valence-corrected chi connectivity index (χ4v) is 1.76. The van der Waals surface area contributed by atoms with E-state index in [9.17, 15) is 4.79 Å². The Hall–Kier alpha value is -2.61. The monoisotopic (exact) mass is 309 g/mol. The summed E-state index contributed by atoms with van der Waals surface area (Å²) in [4.78, 5) is 10.5. The average molecular weight is 309 g/mol. The van der Waals surface area contributed by atoms with Gasteiger partial charge in [0.25, 0.3) is 0 Å². The maximum atomic E-state index is 10.5. The number of carbonyl (C=O) groups excluding carboxylic acids is 1. The molecule has 0 aromatic heterocycles. The van der Waals surface area contributed by atoms with Gasteiger partial charge in [0, 0.05) is 11.3 Å². The van der Waals surface area contributed by atoms with E-state index in [4.69, 9.17) is 5.73 Å². The lowest BCUT2D eigenvalue weighted by molar-refractivity contribution is 0.112. The molecule has 2 nitrogen and oxygen atoms in total. The minimum atomic E-state index is 0.703. The molecule has 2 aromatic carbocycles. The van der Waals surface area contributed by atoms with E-state index in [2.05, 4.69) is 6.58 Å². The number of benzene rings is 2. The van der Waals surface area contributed by atoms with Gasteiger partial charge < -0.3 is 5.73 Å². The maximum absolute atomic E-state index is 10.5. The Morgan fingerprint density at radius 2 is 1.61 bits per heavy atom. The summed E-state index contributed by atoms with van der Waals surface area (Å²) in [6, 6.07) is 13.4. The summed E-state index contributed by atoms with van der Waals surface area (Å²) >= 11 is 0. The highest BCUT2D eigenvalue weighted by Crippen LogP contribution is 2.02. The van der Waals surface area contributed by atoms with Crippen LogP contribution in [0.1, 0.15) is 36.7 Å². The minimum Gasteiger partial charge on any atom is -0.399 e. The van der Waals surface area contributed by atoms with Crippen molar-refractivity contribution in [3.8, 4) is 0 Å². The summed E-state index contributed by atoms with van der Waals surface area (Å²) < 4.78 is 0. The van der Waals surface area contributed by atoms with Gasteiger partial charge in [-0.05, 0) is 42.5 Å². The number of aldehydes is 1. The van der Waals surface area contributed by atoms with Crippen LogP contribution in [-0.2, 0) is 0 Å². The summed E-state index contributed by atoms with van der Waals surface area (Å²) in [5.74, 6) is 0. The van der Waals surface area contributed by atoms with Crippen molar-refractivity contribution >= 4 is 24.1 Å². The first-order valence-corrected chi connectivity index (χ1v) is 7.77. The Morgan fingerprint density at radius 1 is 1.00 bits per heavy atom. The van der Waals surface area contributed by atoms with Crippen LogP contribution in [0.2, 0.25) is 0 Å². The van der Waals surface area contributed by atoms with E-state index in [0.717, 1.165) is 22.4 Å². The summed E-state index contributed by atoms with van der Waals surface area (Å²) in [5, 5.41) is 2.15. The molecule has 0 radical (unpaired) electrons. The Kier molecular flexibility index (Phi) is 10.6. The number of carbonyl (C=O) groups is 1. The van der Waals surface area contributed by atoms with Crippen LogP contribution in [0, 0.1) is 6.92 Å². The van der Waals surface area contributed by atoms with Gasteiger partial charge in [-0.25, -0.2) is 0 Å². The quantitative estimate of drug-likeness (QED) is 0.676. The highest BCUT2D eigenvalue weighted by molar-refractivity contribution is 5.74. The number of anilines is 1. The molecule has 0 aliphatic rings. The van der Waals surface area contributed by atoms with Crippen LogP contribution in [0.15, 0.2) is 55.1 Å². The van der Waals surface area contributed by atoms with Crippen molar-refractivity contribution in [3.05, 3.63) is 76.7 Å². The van der Waals surface area contributed by atoms with E-state index in [0.29, 0.717) is 5.56 Å². The maximum Gasteiger partial charge on any atom is 0.150 e. The largest absolute Gasteiger partial charge is 0.399 e. The summed E-state index contributed by atoms with van der Waals surface area (Å²) in [7, 11) is 0. The first-order chi connectivity index (χ1) is 11.1. The smallest absolute Gasteiger partial charge is 0.150 e. The van der Waals surface area contributed by atoms with Gasteiger partial charge in [0.1, 0.15) is 6.29 Å². The van der Waals surface area contributed by atoms with Crippen molar-refractivity contribution in [1.29, 1.82) is 0 Å². The number of hydrogen-bond donors (Lipinski definition) is 1. The predicted molar refractivity (Wildman–Crippen MR) is 103 cm³/mol. The summed E-state index contributed by atoms with van der Waals surface area (Å²) in [6.45, 7) is 11.6. The van der Waals surface area contributed by atoms with Gasteiger partial charge in [-0.2, -0.15) is 0 Å². The van der Waals surface area contributed by atoms with E-state index in [1.807, 2.05) is 76.2 Å². The Morgan fingerprint density at radius 3 is 2.04 bits per heavy atom. The van der Waals surface area contributed by atoms with Gasteiger partial charge in [0.15, 0.2) is 0 Å². The summed E-state index contributed by atoms with van der Waals surface area (Å²) in [6.07, 6.45) is 6.49. The number of nitrogen functional groups attached to an aromatic ring is 1. The van der Waals surface area contributed by atoms with Gasteiger partial charge in [-0.3, -0.25) is 4.79 Å². The molecule has 122 valence electrons. The first kappa shape index (κ1) is 20.4. The third-order valence-electron chi connectivity index (χ3n) is 2.93. The van der Waals surface area contributed by atoms with Crippen LogP contribution in [0.4, 0.5) is 5.69 Å². The van der Waals surface area contributed by atoms with Crippen molar-refractivity contribution in [2.45, 2.75) is 27.7 Å². The lowest BCUT2D eigenvalue weighted by atomic mass is 10.1. The molecule has 2 N–H and O–H groups in total. The molecule has 0 unspecified atom stereocenters. The molecule has 2 rings (SSSR count). The number of hydrogen-bond acceptors (Lipinski definition) is 2. The average Bonchev–Trinajstić information content (AvgIpc) is 2.60. The molecule has 0 fully saturated rings. The summed E-state index contributed by atoms with van der Waals surface area (Å²) in [5.41, 5.74) is 8.21. The fraction of sp³-hybridized carbons (Fsp3) is 0.190. The minimum absolute atomic E-state index is 0.703. The van der Waals surface area contributed by atoms with Gasteiger partial charge >= 0.3 is 0 Å².